The Morgan fingerprint density at radius 2 is 0.797 bits per heavy atom. The average Bonchev–Trinajstić information content (AvgIpc) is 3.76. The van der Waals surface area contributed by atoms with Gasteiger partial charge >= 0.3 is 12.4 Å². The van der Waals surface area contributed by atoms with Crippen LogP contribution in [0, 0.1) is 34.3 Å². The smallest absolute Gasteiger partial charge is 0.308 e. The summed E-state index contributed by atoms with van der Waals surface area (Å²) in [6.45, 7) is 15.9. The van der Waals surface area contributed by atoms with Crippen LogP contribution in [0.1, 0.15) is 33.4 Å². The quantitative estimate of drug-likeness (QED) is 0.121. The van der Waals surface area contributed by atoms with Gasteiger partial charge in [0.15, 0.2) is 5.69 Å². The Labute approximate surface area is 364 Å². The summed E-state index contributed by atoms with van der Waals surface area (Å²) in [5.74, 6) is 0. The molecule has 0 atom stereocenters. The van der Waals surface area contributed by atoms with Crippen molar-refractivity contribution in [1.29, 1.82) is 0 Å². The topological polar surface area (TPSA) is 14.2 Å². The third kappa shape index (κ3) is 6.87. The maximum absolute atomic E-state index is 14.4. The van der Waals surface area contributed by atoms with Gasteiger partial charge in [-0.15, -0.1) is 0 Å². The number of halogens is 6. The first kappa shape index (κ1) is 40.5. The van der Waals surface area contributed by atoms with Crippen LogP contribution in [0.4, 0.5) is 32.0 Å². The van der Waals surface area contributed by atoms with Crippen LogP contribution < -0.4 is 0 Å². The molecule has 9 heteroatoms. The Balaban J connectivity index is 1.35. The van der Waals surface area contributed by atoms with Crippen molar-refractivity contribution < 1.29 is 26.3 Å². The molecule has 0 aliphatic carbocycles. The number of rotatable bonds is 5. The van der Waals surface area contributed by atoms with Crippen molar-refractivity contribution in [1.82, 2.24) is 9.13 Å². The summed E-state index contributed by atoms with van der Waals surface area (Å²) < 4.78 is 89.8. The van der Waals surface area contributed by atoms with Gasteiger partial charge in [-0.1, -0.05) is 102 Å². The molecule has 64 heavy (non-hydrogen) atoms. The first-order chi connectivity index (χ1) is 30.5. The van der Waals surface area contributed by atoms with Gasteiger partial charge < -0.3 is 9.13 Å². The molecular formula is C55H37F6N3. The number of aromatic nitrogens is 2. The molecule has 0 fully saturated rings. The third-order valence-corrected chi connectivity index (χ3v) is 12.1. The Bertz CT molecular complexity index is 3580. The van der Waals surface area contributed by atoms with Gasteiger partial charge in [0.25, 0.3) is 0 Å². The number of fused-ring (bicyclic) bond motifs is 6. The minimum Gasteiger partial charge on any atom is -0.308 e. The predicted molar refractivity (Wildman–Crippen MR) is 247 cm³/mol. The van der Waals surface area contributed by atoms with E-state index in [9.17, 15) is 26.3 Å². The first-order valence-corrected chi connectivity index (χ1v) is 20.7. The van der Waals surface area contributed by atoms with Gasteiger partial charge in [0.05, 0.1) is 51.1 Å². The number of aryl methyl sites for hydroxylation is 4. The van der Waals surface area contributed by atoms with E-state index in [2.05, 4.69) is 59.7 Å². The molecule has 0 unspecified atom stereocenters. The molecule has 10 aromatic rings. The van der Waals surface area contributed by atoms with E-state index in [0.717, 1.165) is 84.6 Å². The molecule has 0 N–H and O–H groups in total. The average molecular weight is 854 g/mol. The highest BCUT2D eigenvalue weighted by molar-refractivity contribution is 6.13. The largest absolute Gasteiger partial charge is 0.416 e. The highest BCUT2D eigenvalue weighted by Crippen LogP contribution is 2.46. The molecule has 2 aromatic heterocycles. The zero-order chi connectivity index (χ0) is 44.8. The zero-order valence-corrected chi connectivity index (χ0v) is 35.0. The second-order valence-corrected chi connectivity index (χ2v) is 16.7. The Morgan fingerprint density at radius 1 is 0.391 bits per heavy atom. The van der Waals surface area contributed by atoms with Gasteiger partial charge in [0.1, 0.15) is 0 Å². The Kier molecular flexibility index (Phi) is 9.35. The summed E-state index contributed by atoms with van der Waals surface area (Å²) in [4.78, 5) is 3.98. The van der Waals surface area contributed by atoms with Crippen LogP contribution in [0.25, 0.3) is 93.2 Å². The predicted octanol–water partition coefficient (Wildman–Crippen LogP) is 16.7. The zero-order valence-electron chi connectivity index (χ0n) is 35.0. The van der Waals surface area contributed by atoms with Gasteiger partial charge in [0, 0.05) is 21.5 Å². The molecule has 2 heterocycles. The lowest BCUT2D eigenvalue weighted by atomic mass is 9.97. The number of hydrogen-bond donors (Lipinski definition) is 0. The molecule has 8 aromatic carbocycles. The molecule has 314 valence electrons. The van der Waals surface area contributed by atoms with Crippen molar-refractivity contribution in [3.63, 3.8) is 0 Å². The number of benzene rings is 8. The maximum Gasteiger partial charge on any atom is 0.416 e. The number of para-hydroxylation sites is 2. The van der Waals surface area contributed by atoms with Gasteiger partial charge in [-0.25, -0.2) is 4.85 Å². The molecule has 10 rings (SSSR count). The van der Waals surface area contributed by atoms with E-state index < -0.39 is 23.5 Å². The number of nitrogens with zero attached hydrogens (tertiary/aromatic N) is 3. The maximum atomic E-state index is 14.4. The highest BCUT2D eigenvalue weighted by Gasteiger charge is 2.33. The first-order valence-electron chi connectivity index (χ1n) is 20.7. The van der Waals surface area contributed by atoms with Crippen molar-refractivity contribution in [3.8, 4) is 44.8 Å². The van der Waals surface area contributed by atoms with E-state index in [-0.39, 0.29) is 11.3 Å². The van der Waals surface area contributed by atoms with Gasteiger partial charge in [-0.3, -0.25) is 0 Å². The third-order valence-electron chi connectivity index (χ3n) is 12.1. The van der Waals surface area contributed by atoms with Crippen molar-refractivity contribution in [2.24, 2.45) is 0 Å². The van der Waals surface area contributed by atoms with E-state index in [1.807, 2.05) is 71.3 Å². The molecule has 0 spiro atoms. The molecule has 0 saturated heterocycles. The fourth-order valence-electron chi connectivity index (χ4n) is 9.42. The van der Waals surface area contributed by atoms with Crippen LogP contribution in [-0.2, 0) is 12.4 Å². The second-order valence-electron chi connectivity index (χ2n) is 16.7. The highest BCUT2D eigenvalue weighted by atomic mass is 19.4. The van der Waals surface area contributed by atoms with E-state index in [4.69, 9.17) is 6.57 Å². The van der Waals surface area contributed by atoms with Crippen LogP contribution in [-0.4, -0.2) is 9.13 Å². The fraction of sp³-hybridized carbons (Fsp3) is 0.109. The SMILES string of the molecule is [C-]#[N+]c1cc(-n2c3ccccc3c3ccc(-c4cc(C)cc(C)c4)cc32)c(-n2c3ccccc3c3ccc(-c4cc(C)cc(C(F)(F)F)c4)cc32)cc1-c1cc(C)cc(C(F)(F)F)c1. The molecule has 3 nitrogen and oxygen atoms in total. The fourth-order valence-corrected chi connectivity index (χ4v) is 9.42. The van der Waals surface area contributed by atoms with Crippen LogP contribution in [0.15, 0.2) is 152 Å². The van der Waals surface area contributed by atoms with Crippen molar-refractivity contribution in [2.75, 3.05) is 0 Å². The molecule has 0 radical (unpaired) electrons. The lowest BCUT2D eigenvalue weighted by Gasteiger charge is -2.21. The normalized spacial score (nSPS) is 12.2. The lowest BCUT2D eigenvalue weighted by molar-refractivity contribution is -0.138. The molecule has 0 bridgehead atoms. The van der Waals surface area contributed by atoms with Gasteiger partial charge in [0.2, 0.25) is 0 Å². The molecule has 0 aliphatic rings. The van der Waals surface area contributed by atoms with Gasteiger partial charge in [-0.05, 0) is 133 Å². The van der Waals surface area contributed by atoms with E-state index in [1.165, 1.54) is 0 Å². The van der Waals surface area contributed by atoms with E-state index in [1.54, 1.807) is 38.1 Å². The molecule has 0 saturated carbocycles. The van der Waals surface area contributed by atoms with Crippen LogP contribution in [0.3, 0.4) is 0 Å². The van der Waals surface area contributed by atoms with Gasteiger partial charge in [-0.2, -0.15) is 26.3 Å². The summed E-state index contributed by atoms with van der Waals surface area (Å²) in [6, 6.07) is 45.4. The van der Waals surface area contributed by atoms with Crippen molar-refractivity contribution in [3.05, 3.63) is 196 Å². The molecular weight excluding hydrogens is 817 g/mol. The summed E-state index contributed by atoms with van der Waals surface area (Å²) >= 11 is 0. The van der Waals surface area contributed by atoms with Crippen molar-refractivity contribution in [2.45, 2.75) is 40.0 Å². The Morgan fingerprint density at radius 3 is 1.28 bits per heavy atom. The minimum atomic E-state index is -4.64. The van der Waals surface area contributed by atoms with E-state index in [0.29, 0.717) is 44.7 Å². The van der Waals surface area contributed by atoms with E-state index >= 15 is 0 Å². The number of hydrogen-bond acceptors (Lipinski definition) is 0. The van der Waals surface area contributed by atoms with Crippen molar-refractivity contribution >= 4 is 49.3 Å². The van der Waals surface area contributed by atoms with Crippen LogP contribution in [0.5, 0.6) is 0 Å². The van der Waals surface area contributed by atoms with Crippen LogP contribution >= 0.6 is 0 Å². The summed E-state index contributed by atoms with van der Waals surface area (Å²) in [5.41, 5.74) is 9.36. The summed E-state index contributed by atoms with van der Waals surface area (Å²) in [5, 5.41) is 3.60. The minimum absolute atomic E-state index is 0.148. The molecule has 0 aliphatic heterocycles. The monoisotopic (exact) mass is 853 g/mol. The second kappa shape index (κ2) is 14.8. The Hall–Kier alpha value is -7.57. The summed E-state index contributed by atoms with van der Waals surface area (Å²) in [7, 11) is 0. The van der Waals surface area contributed by atoms with Crippen LogP contribution in [0.2, 0.25) is 0 Å². The lowest BCUT2D eigenvalue weighted by Crippen LogP contribution is -2.06. The molecule has 0 amide bonds. The standard InChI is InChI=1S/C55H37F6N3/c1-31-18-32(2)20-37(19-31)35-14-16-45-43-11-7-9-13-49(43)64(51(45)27-35)53-30-47(62-5)46(39-22-34(4)24-41(26-39)55(59,60)61)29-52(53)63-48-12-8-6-10-42(48)44-17-15-36(28-50(44)63)38-21-33(3)23-40(25-38)54(56,57)58/h6-30H,1-4H3. The summed E-state index contributed by atoms with van der Waals surface area (Å²) in [6.07, 6.45) is -9.19. The number of alkyl halides is 6.